The molecule has 2 aromatic heterocycles. The maximum Gasteiger partial charge on any atom is 0.118 e. The van der Waals surface area contributed by atoms with Gasteiger partial charge in [0.25, 0.3) is 0 Å². The molecule has 0 aromatic carbocycles. The molecule has 0 saturated heterocycles. The van der Waals surface area contributed by atoms with Crippen molar-refractivity contribution in [3.63, 3.8) is 0 Å². The largest absolute Gasteiger partial charge is 0.232 e. The van der Waals surface area contributed by atoms with Gasteiger partial charge in [0.1, 0.15) is 12.5 Å². The molecule has 9 heavy (non-hydrogen) atoms. The second-order valence-corrected chi connectivity index (χ2v) is 1.71. The molecule has 0 atom stereocenters. The highest BCUT2D eigenvalue weighted by molar-refractivity contribution is 5.40. The van der Waals surface area contributed by atoms with E-state index in [2.05, 4.69) is 16.3 Å². The second kappa shape index (κ2) is 1.55. The fourth-order valence-corrected chi connectivity index (χ4v) is 0.713. The van der Waals surface area contributed by atoms with Gasteiger partial charge in [-0.15, -0.1) is 0 Å². The van der Waals surface area contributed by atoms with Crippen LogP contribution in [0.1, 0.15) is 0 Å². The van der Waals surface area contributed by atoms with Crippen molar-refractivity contribution in [3.8, 4) is 0 Å². The Hall–Kier alpha value is -1.38. The first kappa shape index (κ1) is 4.49. The minimum atomic E-state index is 0.900. The Labute approximate surface area is 52.0 Å². The van der Waals surface area contributed by atoms with Crippen LogP contribution in [-0.4, -0.2) is 14.6 Å². The first-order valence-corrected chi connectivity index (χ1v) is 2.63. The molecule has 0 unspecified atom stereocenters. The van der Waals surface area contributed by atoms with Crippen LogP contribution in [0.5, 0.6) is 0 Å². The van der Waals surface area contributed by atoms with Crippen LogP contribution >= 0.6 is 0 Å². The molecule has 2 heterocycles. The molecule has 0 spiro atoms. The zero-order valence-corrected chi connectivity index (χ0v) is 4.65. The summed E-state index contributed by atoms with van der Waals surface area (Å²) in [6.45, 7) is 0. The summed E-state index contributed by atoms with van der Waals surface area (Å²) in [6, 6.07) is 3.76. The molecular formula is C6H4N3. The van der Waals surface area contributed by atoms with Crippen molar-refractivity contribution < 1.29 is 0 Å². The van der Waals surface area contributed by atoms with E-state index in [1.54, 1.807) is 17.0 Å². The van der Waals surface area contributed by atoms with Crippen LogP contribution in [0.4, 0.5) is 0 Å². The van der Waals surface area contributed by atoms with Gasteiger partial charge in [-0.3, -0.25) is 0 Å². The van der Waals surface area contributed by atoms with Crippen molar-refractivity contribution in [2.24, 2.45) is 0 Å². The zero-order valence-electron chi connectivity index (χ0n) is 4.65. The Morgan fingerprint density at radius 1 is 1.56 bits per heavy atom. The molecule has 0 aliphatic rings. The third-order valence-electron chi connectivity index (χ3n) is 1.12. The molecule has 1 radical (unpaired) electrons. The topological polar surface area (TPSA) is 30.2 Å². The molecule has 3 heteroatoms. The lowest BCUT2D eigenvalue weighted by Gasteiger charge is -1.85. The SMILES string of the molecule is [c]1ncn2ncccc12. The number of imidazole rings is 1. The van der Waals surface area contributed by atoms with Crippen molar-refractivity contribution in [2.75, 3.05) is 0 Å². The van der Waals surface area contributed by atoms with Crippen LogP contribution in [0, 0.1) is 6.20 Å². The first-order chi connectivity index (χ1) is 4.47. The van der Waals surface area contributed by atoms with Gasteiger partial charge in [-0.05, 0) is 12.1 Å². The fraction of sp³-hybridized carbons (Fsp3) is 0. The summed E-state index contributed by atoms with van der Waals surface area (Å²) in [5.41, 5.74) is 0.900. The summed E-state index contributed by atoms with van der Waals surface area (Å²) < 4.78 is 1.67. The van der Waals surface area contributed by atoms with E-state index in [-0.39, 0.29) is 0 Å². The second-order valence-electron chi connectivity index (χ2n) is 1.71. The minimum absolute atomic E-state index is 0.900. The Balaban J connectivity index is 2.95. The third-order valence-corrected chi connectivity index (χ3v) is 1.12. The predicted molar refractivity (Wildman–Crippen MR) is 31.8 cm³/mol. The quantitative estimate of drug-likeness (QED) is 0.505. The van der Waals surface area contributed by atoms with Gasteiger partial charge in [0, 0.05) is 6.20 Å². The van der Waals surface area contributed by atoms with E-state index < -0.39 is 0 Å². The van der Waals surface area contributed by atoms with E-state index in [9.17, 15) is 0 Å². The van der Waals surface area contributed by atoms with Gasteiger partial charge in [-0.2, -0.15) is 5.10 Å². The Morgan fingerprint density at radius 3 is 3.44 bits per heavy atom. The highest BCUT2D eigenvalue weighted by atomic mass is 15.2. The predicted octanol–water partition coefficient (Wildman–Crippen LogP) is 0.529. The average Bonchev–Trinajstić information content (AvgIpc) is 2.33. The fourth-order valence-electron chi connectivity index (χ4n) is 0.713. The van der Waals surface area contributed by atoms with E-state index >= 15 is 0 Å². The number of hydrogen-bond acceptors (Lipinski definition) is 2. The molecular weight excluding hydrogens is 114 g/mol. The molecule has 0 bridgehead atoms. The third kappa shape index (κ3) is 0.579. The van der Waals surface area contributed by atoms with Gasteiger partial charge in [-0.25, -0.2) is 9.50 Å². The van der Waals surface area contributed by atoms with Gasteiger partial charge in [0.15, 0.2) is 0 Å². The van der Waals surface area contributed by atoms with Gasteiger partial charge >= 0.3 is 0 Å². The van der Waals surface area contributed by atoms with E-state index in [0.29, 0.717) is 0 Å². The normalized spacial score (nSPS) is 10.2. The van der Waals surface area contributed by atoms with Gasteiger partial charge in [-0.1, -0.05) is 0 Å². The highest BCUT2D eigenvalue weighted by Crippen LogP contribution is 1.94. The van der Waals surface area contributed by atoms with Crippen molar-refractivity contribution in [2.45, 2.75) is 0 Å². The number of hydrogen-bond donors (Lipinski definition) is 0. The zero-order chi connectivity index (χ0) is 6.10. The summed E-state index contributed by atoms with van der Waals surface area (Å²) in [5, 5.41) is 3.96. The first-order valence-electron chi connectivity index (χ1n) is 2.63. The molecule has 0 aliphatic heterocycles. The lowest BCUT2D eigenvalue weighted by Crippen LogP contribution is -1.84. The number of nitrogens with zero attached hydrogens (tertiary/aromatic N) is 3. The van der Waals surface area contributed by atoms with Crippen LogP contribution in [0.2, 0.25) is 0 Å². The Morgan fingerprint density at radius 2 is 2.56 bits per heavy atom. The standard InChI is InChI=1S/C6H4N3/c1-2-6-4-7-5-9(6)8-3-1/h1-3,5H. The average molecular weight is 118 g/mol. The molecule has 43 valence electrons. The van der Waals surface area contributed by atoms with E-state index in [1.807, 2.05) is 12.1 Å². The molecule has 2 aromatic rings. The summed E-state index contributed by atoms with van der Waals surface area (Å²) >= 11 is 0. The number of rotatable bonds is 0. The van der Waals surface area contributed by atoms with Gasteiger partial charge < -0.3 is 0 Å². The highest BCUT2D eigenvalue weighted by Gasteiger charge is 1.87. The molecule has 0 saturated carbocycles. The van der Waals surface area contributed by atoms with Crippen LogP contribution < -0.4 is 0 Å². The summed E-state index contributed by atoms with van der Waals surface area (Å²) in [5.74, 6) is 0. The number of aromatic nitrogens is 3. The molecule has 0 N–H and O–H groups in total. The monoisotopic (exact) mass is 118 g/mol. The smallest absolute Gasteiger partial charge is 0.118 e. The van der Waals surface area contributed by atoms with Crippen LogP contribution in [0.25, 0.3) is 5.52 Å². The van der Waals surface area contributed by atoms with Crippen molar-refractivity contribution in [1.29, 1.82) is 0 Å². The molecule has 2 rings (SSSR count). The summed E-state index contributed by atoms with van der Waals surface area (Å²) in [6.07, 6.45) is 6.10. The maximum atomic E-state index is 3.96. The Kier molecular flexibility index (Phi) is 0.773. The van der Waals surface area contributed by atoms with Crippen molar-refractivity contribution >= 4 is 5.52 Å². The molecule has 0 fully saturated rings. The summed E-state index contributed by atoms with van der Waals surface area (Å²) in [7, 11) is 0. The van der Waals surface area contributed by atoms with E-state index in [4.69, 9.17) is 0 Å². The molecule has 3 nitrogen and oxygen atoms in total. The van der Waals surface area contributed by atoms with Crippen molar-refractivity contribution in [3.05, 3.63) is 30.9 Å². The molecule has 0 aliphatic carbocycles. The van der Waals surface area contributed by atoms with Gasteiger partial charge in [0.05, 0.1) is 5.52 Å². The molecule has 0 amide bonds. The van der Waals surface area contributed by atoms with Crippen LogP contribution in [-0.2, 0) is 0 Å². The minimum Gasteiger partial charge on any atom is -0.232 e. The lowest BCUT2D eigenvalue weighted by atomic mass is 10.5. The maximum absolute atomic E-state index is 3.96. The Bertz CT molecular complexity index is 282. The van der Waals surface area contributed by atoms with E-state index in [1.165, 1.54) is 0 Å². The lowest BCUT2D eigenvalue weighted by molar-refractivity contribution is 0.926. The van der Waals surface area contributed by atoms with Crippen LogP contribution in [0.3, 0.4) is 0 Å². The van der Waals surface area contributed by atoms with Crippen LogP contribution in [0.15, 0.2) is 24.7 Å². The van der Waals surface area contributed by atoms with E-state index in [0.717, 1.165) is 5.52 Å². The van der Waals surface area contributed by atoms with Crippen molar-refractivity contribution in [1.82, 2.24) is 14.6 Å². The van der Waals surface area contributed by atoms with Gasteiger partial charge in [0.2, 0.25) is 0 Å². The number of fused-ring (bicyclic) bond motifs is 1. The summed E-state index contributed by atoms with van der Waals surface area (Å²) in [4.78, 5) is 3.78.